The average molecular weight is 339 g/mol. The van der Waals surface area contributed by atoms with E-state index in [1.807, 2.05) is 0 Å². The molecule has 1 rings (SSSR count). The van der Waals surface area contributed by atoms with Crippen LogP contribution < -0.4 is 5.32 Å². The minimum Gasteiger partial charge on any atom is -0.383 e. The predicted molar refractivity (Wildman–Crippen MR) is 72.6 cm³/mol. The van der Waals surface area contributed by atoms with E-state index in [1.54, 1.807) is 13.2 Å². The fourth-order valence-corrected chi connectivity index (χ4v) is 2.09. The maximum Gasteiger partial charge on any atom is 0.251 e. The summed E-state index contributed by atoms with van der Waals surface area (Å²) in [7, 11) is 1.57. The molecule has 0 saturated heterocycles. The fraction of sp³-hybridized carbons (Fsp3) is 0.417. The maximum absolute atomic E-state index is 13.1. The van der Waals surface area contributed by atoms with E-state index >= 15 is 0 Å². The van der Waals surface area contributed by atoms with Crippen LogP contribution >= 0.6 is 27.5 Å². The molecule has 1 unspecified atom stereocenters. The van der Waals surface area contributed by atoms with Gasteiger partial charge < -0.3 is 10.1 Å². The fourth-order valence-electron chi connectivity index (χ4n) is 1.39. The first kappa shape index (κ1) is 15.4. The summed E-state index contributed by atoms with van der Waals surface area (Å²) in [5.41, 5.74) is 0.278. The number of alkyl halides is 1. The second kappa shape index (κ2) is 7.71. The van der Waals surface area contributed by atoms with Gasteiger partial charge >= 0.3 is 0 Å². The summed E-state index contributed by atoms with van der Waals surface area (Å²) < 4.78 is 18.5. The smallest absolute Gasteiger partial charge is 0.251 e. The van der Waals surface area contributed by atoms with Gasteiger partial charge in [-0.2, -0.15) is 0 Å². The van der Waals surface area contributed by atoms with Gasteiger partial charge in [0.1, 0.15) is 5.82 Å². The van der Waals surface area contributed by atoms with E-state index in [4.69, 9.17) is 16.3 Å². The van der Waals surface area contributed by atoms with Crippen LogP contribution in [0.3, 0.4) is 0 Å². The molecule has 18 heavy (non-hydrogen) atoms. The molecule has 0 aliphatic rings. The van der Waals surface area contributed by atoms with Crippen LogP contribution in [-0.2, 0) is 4.74 Å². The number of methoxy groups -OCH3 is 1. The van der Waals surface area contributed by atoms with Crippen molar-refractivity contribution in [3.05, 3.63) is 34.1 Å². The van der Waals surface area contributed by atoms with E-state index in [9.17, 15) is 9.18 Å². The van der Waals surface area contributed by atoms with Crippen molar-refractivity contribution < 1.29 is 13.9 Å². The van der Waals surface area contributed by atoms with Gasteiger partial charge in [-0.05, 0) is 24.6 Å². The highest BCUT2D eigenvalue weighted by atomic mass is 79.9. The van der Waals surface area contributed by atoms with Gasteiger partial charge in [-0.3, -0.25) is 4.79 Å². The van der Waals surface area contributed by atoms with Gasteiger partial charge in [0.25, 0.3) is 5.91 Å². The maximum atomic E-state index is 13.1. The predicted octanol–water partition coefficient (Wildman–Crippen LogP) is 2.96. The summed E-state index contributed by atoms with van der Waals surface area (Å²) in [5.74, 6) is -0.777. The van der Waals surface area contributed by atoms with E-state index < -0.39 is 5.82 Å². The first-order chi connectivity index (χ1) is 8.52. The summed E-state index contributed by atoms with van der Waals surface area (Å²) >= 11 is 9.05. The summed E-state index contributed by atoms with van der Waals surface area (Å²) in [4.78, 5) is 11.7. The molecular weight excluding hydrogens is 324 g/mol. The Balaban J connectivity index is 2.45. The molecule has 1 aromatic rings. The Hall–Kier alpha value is -0.650. The van der Waals surface area contributed by atoms with Gasteiger partial charge in [-0.15, -0.1) is 11.6 Å². The number of carbonyl (C=O) groups excluding carboxylic acids is 1. The highest BCUT2D eigenvalue weighted by molar-refractivity contribution is 9.10. The molecule has 0 aliphatic carbocycles. The summed E-state index contributed by atoms with van der Waals surface area (Å²) in [6.45, 7) is 0.855. The van der Waals surface area contributed by atoms with E-state index in [0.717, 1.165) is 0 Å². The van der Waals surface area contributed by atoms with Crippen LogP contribution in [0.5, 0.6) is 0 Å². The van der Waals surface area contributed by atoms with Crippen LogP contribution in [0.15, 0.2) is 22.7 Å². The third kappa shape index (κ3) is 5.33. The molecule has 0 bridgehead atoms. The molecule has 0 heterocycles. The molecular formula is C12H14BrClFNO2. The van der Waals surface area contributed by atoms with Crippen molar-refractivity contribution in [3.63, 3.8) is 0 Å². The van der Waals surface area contributed by atoms with Crippen LogP contribution in [0.1, 0.15) is 16.8 Å². The number of carbonyl (C=O) groups is 1. The molecule has 3 nitrogen and oxygen atoms in total. The van der Waals surface area contributed by atoms with E-state index in [0.29, 0.717) is 24.0 Å². The minimum absolute atomic E-state index is 0.144. The molecule has 100 valence electrons. The topological polar surface area (TPSA) is 38.3 Å². The summed E-state index contributed by atoms with van der Waals surface area (Å²) in [5, 5.41) is 2.53. The number of ether oxygens (including phenoxy) is 1. The Morgan fingerprint density at radius 1 is 1.56 bits per heavy atom. The van der Waals surface area contributed by atoms with Crippen LogP contribution in [0.4, 0.5) is 4.39 Å². The highest BCUT2D eigenvalue weighted by Crippen LogP contribution is 2.14. The summed E-state index contributed by atoms with van der Waals surface area (Å²) in [6.07, 6.45) is 0.595. The number of amides is 1. The lowest BCUT2D eigenvalue weighted by Gasteiger charge is -2.09. The molecule has 1 amide bonds. The van der Waals surface area contributed by atoms with Gasteiger partial charge in [-0.25, -0.2) is 4.39 Å². The zero-order valence-corrected chi connectivity index (χ0v) is 12.2. The third-order valence-corrected chi connectivity index (χ3v) is 3.02. The lowest BCUT2D eigenvalue weighted by Crippen LogP contribution is -2.27. The lowest BCUT2D eigenvalue weighted by molar-refractivity contribution is 0.0951. The van der Waals surface area contributed by atoms with E-state index in [-0.39, 0.29) is 16.8 Å². The quantitative estimate of drug-likeness (QED) is 0.810. The SMILES string of the molecule is COCC(Cl)CCNC(=O)c1cc(F)cc(Br)c1. The zero-order chi connectivity index (χ0) is 13.5. The van der Waals surface area contributed by atoms with Crippen molar-refractivity contribution in [2.45, 2.75) is 11.8 Å². The Morgan fingerprint density at radius 2 is 2.28 bits per heavy atom. The van der Waals surface area contributed by atoms with Crippen LogP contribution in [0.25, 0.3) is 0 Å². The Labute approximate surface area is 119 Å². The van der Waals surface area contributed by atoms with Gasteiger partial charge in [-0.1, -0.05) is 15.9 Å². The van der Waals surface area contributed by atoms with E-state index in [1.165, 1.54) is 12.1 Å². The van der Waals surface area contributed by atoms with Crippen molar-refractivity contribution in [1.82, 2.24) is 5.32 Å². The minimum atomic E-state index is -0.455. The Morgan fingerprint density at radius 3 is 2.89 bits per heavy atom. The Kier molecular flexibility index (Phi) is 6.60. The van der Waals surface area contributed by atoms with Crippen molar-refractivity contribution >= 4 is 33.4 Å². The third-order valence-electron chi connectivity index (χ3n) is 2.22. The molecule has 0 saturated carbocycles. The van der Waals surface area contributed by atoms with Crippen molar-refractivity contribution in [3.8, 4) is 0 Å². The number of hydrogen-bond donors (Lipinski definition) is 1. The lowest BCUT2D eigenvalue weighted by atomic mass is 10.2. The van der Waals surface area contributed by atoms with Crippen LogP contribution in [0, 0.1) is 5.82 Å². The first-order valence-electron chi connectivity index (χ1n) is 5.40. The molecule has 1 atom stereocenters. The standard InChI is InChI=1S/C12H14BrClFNO2/c1-18-7-10(14)2-3-16-12(17)8-4-9(13)6-11(15)5-8/h4-6,10H,2-3,7H2,1H3,(H,16,17). The second-order valence-electron chi connectivity index (χ2n) is 3.76. The van der Waals surface area contributed by atoms with Gasteiger partial charge in [0.15, 0.2) is 0 Å². The molecule has 0 fully saturated rings. The molecule has 1 N–H and O–H groups in total. The van der Waals surface area contributed by atoms with Gasteiger partial charge in [0, 0.05) is 23.7 Å². The van der Waals surface area contributed by atoms with E-state index in [2.05, 4.69) is 21.2 Å². The van der Waals surface area contributed by atoms with Crippen molar-refractivity contribution in [2.24, 2.45) is 0 Å². The molecule has 0 spiro atoms. The second-order valence-corrected chi connectivity index (χ2v) is 5.29. The monoisotopic (exact) mass is 337 g/mol. The highest BCUT2D eigenvalue weighted by Gasteiger charge is 2.09. The first-order valence-corrected chi connectivity index (χ1v) is 6.63. The van der Waals surface area contributed by atoms with Crippen LogP contribution in [-0.4, -0.2) is 31.5 Å². The number of hydrogen-bond acceptors (Lipinski definition) is 2. The normalized spacial score (nSPS) is 12.2. The van der Waals surface area contributed by atoms with Crippen LogP contribution in [0.2, 0.25) is 0 Å². The largest absolute Gasteiger partial charge is 0.383 e. The molecule has 0 radical (unpaired) electrons. The van der Waals surface area contributed by atoms with Gasteiger partial charge in [0.05, 0.1) is 12.0 Å². The molecule has 0 aliphatic heterocycles. The van der Waals surface area contributed by atoms with Crippen molar-refractivity contribution in [2.75, 3.05) is 20.3 Å². The number of halogens is 3. The molecule has 0 aromatic heterocycles. The van der Waals surface area contributed by atoms with Gasteiger partial charge in [0.2, 0.25) is 0 Å². The number of rotatable bonds is 6. The zero-order valence-electron chi connectivity index (χ0n) is 9.88. The average Bonchev–Trinajstić information content (AvgIpc) is 2.27. The number of nitrogens with one attached hydrogen (secondary N) is 1. The van der Waals surface area contributed by atoms with Crippen molar-refractivity contribution in [1.29, 1.82) is 0 Å². The summed E-state index contributed by atoms with van der Waals surface area (Å²) in [6, 6.07) is 4.04. The molecule has 6 heteroatoms. The molecule has 1 aromatic carbocycles. The Bertz CT molecular complexity index is 397. The number of benzene rings is 1.